The summed E-state index contributed by atoms with van der Waals surface area (Å²) in [5.74, 6) is 1.16. The molecule has 0 fully saturated rings. The number of nitriles is 1. The second-order valence-electron chi connectivity index (χ2n) is 4.36. The maximum Gasteiger partial charge on any atom is 0.0638 e. The van der Waals surface area contributed by atoms with E-state index in [1.54, 1.807) is 0 Å². The average Bonchev–Trinajstić information content (AvgIpc) is 2.38. The third kappa shape index (κ3) is 3.02. The van der Waals surface area contributed by atoms with Crippen molar-refractivity contribution in [3.63, 3.8) is 0 Å². The van der Waals surface area contributed by atoms with Gasteiger partial charge < -0.3 is 5.32 Å². The molecule has 0 amide bonds. The molecule has 1 aliphatic rings. The van der Waals surface area contributed by atoms with Crippen LogP contribution in [0, 0.1) is 11.3 Å². The second kappa shape index (κ2) is 6.09. The predicted molar refractivity (Wildman–Crippen MR) is 72.0 cm³/mol. The highest BCUT2D eigenvalue weighted by molar-refractivity contribution is 7.99. The summed E-state index contributed by atoms with van der Waals surface area (Å²) in [6, 6.07) is 11.6. The van der Waals surface area contributed by atoms with E-state index in [2.05, 4.69) is 42.6 Å². The molecular weight excluding hydrogens is 228 g/mol. The van der Waals surface area contributed by atoms with Crippen LogP contribution >= 0.6 is 11.8 Å². The first kappa shape index (κ1) is 12.5. The number of nitrogens with zero attached hydrogens (tertiary/aromatic N) is 1. The minimum Gasteiger partial charge on any atom is -0.306 e. The van der Waals surface area contributed by atoms with Crippen LogP contribution in [0.15, 0.2) is 29.2 Å². The summed E-state index contributed by atoms with van der Waals surface area (Å²) in [5.41, 5.74) is 1.40. The Bertz CT molecular complexity index is 411. The molecule has 1 heterocycles. The summed E-state index contributed by atoms with van der Waals surface area (Å²) < 4.78 is 0. The maximum atomic E-state index is 8.80. The van der Waals surface area contributed by atoms with Crippen LogP contribution in [0.5, 0.6) is 0 Å². The highest BCUT2D eigenvalue weighted by Crippen LogP contribution is 2.36. The molecule has 0 saturated carbocycles. The Morgan fingerprint density at radius 2 is 2.35 bits per heavy atom. The lowest BCUT2D eigenvalue weighted by Crippen LogP contribution is -2.33. The van der Waals surface area contributed by atoms with Crippen molar-refractivity contribution in [3.8, 4) is 6.07 Å². The lowest BCUT2D eigenvalue weighted by atomic mass is 10.0. The van der Waals surface area contributed by atoms with Crippen LogP contribution in [-0.2, 0) is 0 Å². The number of nitrogens with one attached hydrogen (secondary N) is 1. The van der Waals surface area contributed by atoms with Crippen molar-refractivity contribution in [1.29, 1.82) is 5.26 Å². The van der Waals surface area contributed by atoms with Gasteiger partial charge in [0.1, 0.15) is 0 Å². The van der Waals surface area contributed by atoms with E-state index in [1.807, 2.05) is 11.8 Å². The topological polar surface area (TPSA) is 35.8 Å². The Kier molecular flexibility index (Phi) is 4.47. The minimum atomic E-state index is 0.321. The van der Waals surface area contributed by atoms with Gasteiger partial charge in [0.15, 0.2) is 0 Å². The van der Waals surface area contributed by atoms with Gasteiger partial charge in [-0.05, 0) is 30.2 Å². The monoisotopic (exact) mass is 246 g/mol. The molecule has 0 saturated heterocycles. The van der Waals surface area contributed by atoms with Crippen molar-refractivity contribution in [3.05, 3.63) is 29.8 Å². The summed E-state index contributed by atoms with van der Waals surface area (Å²) in [7, 11) is 0. The second-order valence-corrected chi connectivity index (χ2v) is 5.50. The zero-order valence-corrected chi connectivity index (χ0v) is 11.0. The fourth-order valence-electron chi connectivity index (χ4n) is 2.23. The van der Waals surface area contributed by atoms with Crippen molar-refractivity contribution >= 4 is 11.8 Å². The summed E-state index contributed by atoms with van der Waals surface area (Å²) in [5, 5.41) is 12.4. The number of rotatable bonds is 4. The Balaban J connectivity index is 2.10. The van der Waals surface area contributed by atoms with Gasteiger partial charge in [0.05, 0.1) is 12.5 Å². The molecule has 17 heavy (non-hydrogen) atoms. The van der Waals surface area contributed by atoms with Gasteiger partial charge in [0, 0.05) is 17.0 Å². The van der Waals surface area contributed by atoms with Gasteiger partial charge in [0.25, 0.3) is 0 Å². The van der Waals surface area contributed by atoms with E-state index >= 15 is 0 Å². The Morgan fingerprint density at radius 1 is 1.53 bits per heavy atom. The van der Waals surface area contributed by atoms with Crippen LogP contribution in [-0.4, -0.2) is 11.8 Å². The van der Waals surface area contributed by atoms with Gasteiger partial charge in [0.2, 0.25) is 0 Å². The maximum absolute atomic E-state index is 8.80. The molecule has 1 aliphatic heterocycles. The molecule has 0 radical (unpaired) electrons. The van der Waals surface area contributed by atoms with E-state index in [0.717, 1.165) is 18.6 Å². The fraction of sp³-hybridized carbons (Fsp3) is 0.500. The van der Waals surface area contributed by atoms with Gasteiger partial charge in [-0.2, -0.15) is 5.26 Å². The van der Waals surface area contributed by atoms with Crippen LogP contribution in [0.25, 0.3) is 0 Å². The lowest BCUT2D eigenvalue weighted by Gasteiger charge is -2.29. The van der Waals surface area contributed by atoms with Gasteiger partial charge in [-0.3, -0.25) is 0 Å². The molecule has 3 heteroatoms. The molecule has 2 atom stereocenters. The standard InChI is InChI=1S/C14H18N2S/c1-2-11(7-9-15)16-13-8-10-17-14-6-4-3-5-12(13)14/h3-6,11,13,16H,2,7-8,10H2,1H3. The molecule has 0 spiro atoms. The molecule has 2 unspecified atom stereocenters. The van der Waals surface area contributed by atoms with Crippen LogP contribution in [0.3, 0.4) is 0 Å². The van der Waals surface area contributed by atoms with E-state index in [1.165, 1.54) is 10.5 Å². The molecule has 2 nitrogen and oxygen atoms in total. The highest BCUT2D eigenvalue weighted by atomic mass is 32.2. The zero-order valence-electron chi connectivity index (χ0n) is 10.1. The van der Waals surface area contributed by atoms with Crippen LogP contribution in [0.1, 0.15) is 37.8 Å². The van der Waals surface area contributed by atoms with E-state index in [-0.39, 0.29) is 0 Å². The van der Waals surface area contributed by atoms with Crippen LogP contribution in [0.4, 0.5) is 0 Å². The first-order chi connectivity index (χ1) is 8.35. The van der Waals surface area contributed by atoms with Gasteiger partial charge in [-0.15, -0.1) is 11.8 Å². The van der Waals surface area contributed by atoms with E-state index < -0.39 is 0 Å². The van der Waals surface area contributed by atoms with Crippen molar-refractivity contribution in [2.24, 2.45) is 0 Å². The molecule has 2 rings (SSSR count). The molecule has 90 valence electrons. The predicted octanol–water partition coefficient (Wildman–Crippen LogP) is 3.51. The smallest absolute Gasteiger partial charge is 0.0638 e. The van der Waals surface area contributed by atoms with Crippen LogP contribution < -0.4 is 5.32 Å². The molecule has 0 bridgehead atoms. The number of thioether (sulfide) groups is 1. The zero-order chi connectivity index (χ0) is 12.1. The summed E-state index contributed by atoms with van der Waals surface area (Å²) >= 11 is 1.94. The fourth-order valence-corrected chi connectivity index (χ4v) is 3.36. The van der Waals surface area contributed by atoms with Gasteiger partial charge in [-0.1, -0.05) is 25.1 Å². The van der Waals surface area contributed by atoms with E-state index in [4.69, 9.17) is 5.26 Å². The van der Waals surface area contributed by atoms with Crippen molar-refractivity contribution in [2.75, 3.05) is 5.75 Å². The third-order valence-electron chi connectivity index (χ3n) is 3.23. The summed E-state index contributed by atoms with van der Waals surface area (Å²) in [4.78, 5) is 1.39. The molecule has 0 aliphatic carbocycles. The highest BCUT2D eigenvalue weighted by Gasteiger charge is 2.22. The van der Waals surface area contributed by atoms with Gasteiger partial charge >= 0.3 is 0 Å². The van der Waals surface area contributed by atoms with Gasteiger partial charge in [-0.25, -0.2) is 0 Å². The first-order valence-corrected chi connectivity index (χ1v) is 7.18. The SMILES string of the molecule is CCC(CC#N)NC1CCSc2ccccc21. The molecular formula is C14H18N2S. The number of fused-ring (bicyclic) bond motifs is 1. The summed E-state index contributed by atoms with van der Waals surface area (Å²) in [6.07, 6.45) is 2.77. The molecule has 1 aromatic carbocycles. The molecule has 1 aromatic rings. The Hall–Kier alpha value is -0.980. The molecule has 0 aromatic heterocycles. The van der Waals surface area contributed by atoms with Crippen molar-refractivity contribution in [1.82, 2.24) is 5.32 Å². The minimum absolute atomic E-state index is 0.321. The Morgan fingerprint density at radius 3 is 3.12 bits per heavy atom. The number of hydrogen-bond acceptors (Lipinski definition) is 3. The average molecular weight is 246 g/mol. The van der Waals surface area contributed by atoms with E-state index in [0.29, 0.717) is 18.5 Å². The molecule has 1 N–H and O–H groups in total. The summed E-state index contributed by atoms with van der Waals surface area (Å²) in [6.45, 7) is 2.14. The quantitative estimate of drug-likeness (QED) is 0.883. The number of hydrogen-bond donors (Lipinski definition) is 1. The number of benzene rings is 1. The first-order valence-electron chi connectivity index (χ1n) is 6.20. The Labute approximate surface area is 107 Å². The lowest BCUT2D eigenvalue weighted by molar-refractivity contribution is 0.415. The van der Waals surface area contributed by atoms with Crippen molar-refractivity contribution < 1.29 is 0 Å². The van der Waals surface area contributed by atoms with Crippen LogP contribution in [0.2, 0.25) is 0 Å². The van der Waals surface area contributed by atoms with E-state index in [9.17, 15) is 0 Å². The largest absolute Gasteiger partial charge is 0.306 e. The van der Waals surface area contributed by atoms with Crippen molar-refractivity contribution in [2.45, 2.75) is 43.2 Å². The third-order valence-corrected chi connectivity index (χ3v) is 4.35. The normalized spacial score (nSPS) is 20.4.